The van der Waals surface area contributed by atoms with E-state index in [1.165, 1.54) is 19.3 Å². The number of benzene rings is 1. The maximum atomic E-state index is 6.87. The molecular weight excluding hydrogens is 352 g/mol. The molecule has 4 heteroatoms. The Kier molecular flexibility index (Phi) is 3.42. The summed E-state index contributed by atoms with van der Waals surface area (Å²) in [7, 11) is 3.37. The summed E-state index contributed by atoms with van der Waals surface area (Å²) >= 11 is 10.5. The first kappa shape index (κ1) is 14.2. The van der Waals surface area contributed by atoms with E-state index in [0.717, 1.165) is 45.2 Å². The van der Waals surface area contributed by atoms with Gasteiger partial charge in [-0.2, -0.15) is 0 Å². The number of fused-ring (bicyclic) bond motifs is 5. The molecule has 3 fully saturated rings. The van der Waals surface area contributed by atoms with Crippen LogP contribution in [0.5, 0.6) is 11.5 Å². The van der Waals surface area contributed by atoms with Crippen molar-refractivity contribution in [2.45, 2.75) is 24.6 Å². The number of halogens is 2. The van der Waals surface area contributed by atoms with Crippen molar-refractivity contribution in [2.75, 3.05) is 14.2 Å². The number of rotatable bonds is 4. The summed E-state index contributed by atoms with van der Waals surface area (Å²) < 4.78 is 11.8. The SMILES string of the molecule is COc1ccc(C(Cl)C2C3C4CCC(C4)C32)c(OC)c1Br. The summed E-state index contributed by atoms with van der Waals surface area (Å²) in [6.07, 6.45) is 4.31. The molecule has 0 aliphatic heterocycles. The van der Waals surface area contributed by atoms with Gasteiger partial charge in [0, 0.05) is 5.56 Å². The van der Waals surface area contributed by atoms with E-state index in [-0.39, 0.29) is 5.38 Å². The fourth-order valence-electron chi connectivity index (χ4n) is 5.13. The number of ether oxygens (including phenoxy) is 2. The Labute approximate surface area is 139 Å². The van der Waals surface area contributed by atoms with E-state index >= 15 is 0 Å². The second-order valence-corrected chi connectivity index (χ2v) is 7.93. The predicted octanol–water partition coefficient (Wildman–Crippen LogP) is 5.04. The summed E-state index contributed by atoms with van der Waals surface area (Å²) in [5, 5.41) is 0.0561. The topological polar surface area (TPSA) is 18.5 Å². The van der Waals surface area contributed by atoms with Crippen LogP contribution in [0.25, 0.3) is 0 Å². The minimum atomic E-state index is 0.0561. The van der Waals surface area contributed by atoms with Gasteiger partial charge in [0.25, 0.3) is 0 Å². The van der Waals surface area contributed by atoms with E-state index < -0.39 is 0 Å². The molecule has 5 unspecified atom stereocenters. The standard InChI is InChI=1S/C17H20BrClO2/c1-20-11-6-5-10(17(21-2)15(11)18)16(19)14-12-8-3-4-9(7-8)13(12)14/h5-6,8-9,12-14,16H,3-4,7H2,1-2H3. The number of alkyl halides is 1. The highest BCUT2D eigenvalue weighted by Crippen LogP contribution is 2.73. The molecule has 4 rings (SSSR count). The number of hydrogen-bond donors (Lipinski definition) is 0. The molecule has 0 N–H and O–H groups in total. The fourth-order valence-corrected chi connectivity index (χ4v) is 6.32. The summed E-state index contributed by atoms with van der Waals surface area (Å²) in [4.78, 5) is 0. The van der Waals surface area contributed by atoms with Gasteiger partial charge >= 0.3 is 0 Å². The summed E-state index contributed by atoms with van der Waals surface area (Å²) in [5.74, 6) is 5.89. The van der Waals surface area contributed by atoms with Gasteiger partial charge in [0.05, 0.1) is 19.6 Å². The van der Waals surface area contributed by atoms with Crippen molar-refractivity contribution in [3.8, 4) is 11.5 Å². The van der Waals surface area contributed by atoms with Gasteiger partial charge in [-0.1, -0.05) is 6.07 Å². The average molecular weight is 372 g/mol. The Hall–Kier alpha value is -0.410. The van der Waals surface area contributed by atoms with Gasteiger partial charge in [-0.25, -0.2) is 0 Å². The molecule has 5 atom stereocenters. The Morgan fingerprint density at radius 3 is 2.38 bits per heavy atom. The van der Waals surface area contributed by atoms with Crippen molar-refractivity contribution >= 4 is 27.5 Å². The lowest BCUT2D eigenvalue weighted by atomic mass is 9.96. The first-order chi connectivity index (χ1) is 10.2. The average Bonchev–Trinajstić information content (AvgIpc) is 2.93. The largest absolute Gasteiger partial charge is 0.495 e. The molecule has 0 heterocycles. The Morgan fingerprint density at radius 1 is 1.14 bits per heavy atom. The van der Waals surface area contributed by atoms with E-state index in [4.69, 9.17) is 21.1 Å². The monoisotopic (exact) mass is 370 g/mol. The van der Waals surface area contributed by atoms with Crippen LogP contribution in [0.15, 0.2) is 16.6 Å². The Bertz CT molecular complexity index is 560. The molecule has 1 aromatic carbocycles. The Balaban J connectivity index is 1.64. The van der Waals surface area contributed by atoms with Crippen LogP contribution < -0.4 is 9.47 Å². The Morgan fingerprint density at radius 2 is 1.81 bits per heavy atom. The summed E-state index contributed by atoms with van der Waals surface area (Å²) in [6, 6.07) is 4.04. The van der Waals surface area contributed by atoms with Crippen molar-refractivity contribution in [1.29, 1.82) is 0 Å². The van der Waals surface area contributed by atoms with Gasteiger partial charge in [0.15, 0.2) is 0 Å². The smallest absolute Gasteiger partial charge is 0.141 e. The van der Waals surface area contributed by atoms with Crippen molar-refractivity contribution in [2.24, 2.45) is 29.6 Å². The maximum Gasteiger partial charge on any atom is 0.141 e. The molecule has 1 aromatic rings. The molecule has 21 heavy (non-hydrogen) atoms. The first-order valence-electron chi connectivity index (χ1n) is 7.71. The lowest BCUT2D eigenvalue weighted by Crippen LogP contribution is -2.06. The van der Waals surface area contributed by atoms with Crippen molar-refractivity contribution in [3.05, 3.63) is 22.2 Å². The van der Waals surface area contributed by atoms with Crippen LogP contribution in [0.2, 0.25) is 0 Å². The van der Waals surface area contributed by atoms with Gasteiger partial charge in [0.2, 0.25) is 0 Å². The highest BCUT2D eigenvalue weighted by atomic mass is 79.9. The highest BCUT2D eigenvalue weighted by molar-refractivity contribution is 9.10. The lowest BCUT2D eigenvalue weighted by molar-refractivity contribution is 0.381. The molecule has 114 valence electrons. The van der Waals surface area contributed by atoms with Crippen molar-refractivity contribution in [1.82, 2.24) is 0 Å². The second kappa shape index (κ2) is 5.06. The lowest BCUT2D eigenvalue weighted by Gasteiger charge is -2.19. The third-order valence-electron chi connectivity index (χ3n) is 5.95. The summed E-state index contributed by atoms with van der Waals surface area (Å²) in [5.41, 5.74) is 1.10. The minimum absolute atomic E-state index is 0.0561. The van der Waals surface area contributed by atoms with E-state index in [0.29, 0.717) is 5.92 Å². The zero-order valence-corrected chi connectivity index (χ0v) is 14.7. The van der Waals surface area contributed by atoms with Crippen LogP contribution in [0, 0.1) is 29.6 Å². The van der Waals surface area contributed by atoms with Crippen LogP contribution in [0.4, 0.5) is 0 Å². The molecular formula is C17H20BrClO2. The molecule has 0 aromatic heterocycles. The van der Waals surface area contributed by atoms with E-state index in [2.05, 4.69) is 22.0 Å². The van der Waals surface area contributed by atoms with Crippen molar-refractivity contribution in [3.63, 3.8) is 0 Å². The fraction of sp³-hybridized carbons (Fsp3) is 0.647. The minimum Gasteiger partial charge on any atom is -0.495 e. The van der Waals surface area contributed by atoms with Crippen LogP contribution in [0.1, 0.15) is 30.2 Å². The molecule has 3 saturated carbocycles. The maximum absolute atomic E-state index is 6.87. The van der Waals surface area contributed by atoms with Crippen LogP contribution in [0.3, 0.4) is 0 Å². The zero-order valence-electron chi connectivity index (χ0n) is 12.3. The normalized spacial score (nSPS) is 37.2. The molecule has 3 aliphatic rings. The van der Waals surface area contributed by atoms with Gasteiger partial charge in [-0.3, -0.25) is 0 Å². The van der Waals surface area contributed by atoms with Gasteiger partial charge in [-0.05, 0) is 70.8 Å². The second-order valence-electron chi connectivity index (χ2n) is 6.67. The van der Waals surface area contributed by atoms with Gasteiger partial charge < -0.3 is 9.47 Å². The molecule has 0 spiro atoms. The molecule has 2 bridgehead atoms. The van der Waals surface area contributed by atoms with Gasteiger partial charge in [-0.15, -0.1) is 11.6 Å². The predicted molar refractivity (Wildman–Crippen MR) is 87.1 cm³/mol. The molecule has 0 amide bonds. The van der Waals surface area contributed by atoms with E-state index in [9.17, 15) is 0 Å². The van der Waals surface area contributed by atoms with Gasteiger partial charge in [0.1, 0.15) is 16.0 Å². The van der Waals surface area contributed by atoms with Crippen LogP contribution in [-0.2, 0) is 0 Å². The van der Waals surface area contributed by atoms with E-state index in [1.807, 2.05) is 6.07 Å². The highest BCUT2D eigenvalue weighted by Gasteiger charge is 2.66. The zero-order chi connectivity index (χ0) is 14.7. The summed E-state index contributed by atoms with van der Waals surface area (Å²) in [6.45, 7) is 0. The van der Waals surface area contributed by atoms with Crippen LogP contribution in [-0.4, -0.2) is 14.2 Å². The molecule has 0 saturated heterocycles. The first-order valence-corrected chi connectivity index (χ1v) is 8.94. The van der Waals surface area contributed by atoms with Crippen molar-refractivity contribution < 1.29 is 9.47 Å². The third kappa shape index (κ3) is 1.96. The number of methoxy groups -OCH3 is 2. The molecule has 3 aliphatic carbocycles. The quantitative estimate of drug-likeness (QED) is 0.690. The number of hydrogen-bond acceptors (Lipinski definition) is 2. The van der Waals surface area contributed by atoms with Crippen LogP contribution >= 0.6 is 27.5 Å². The molecule has 2 nitrogen and oxygen atoms in total. The molecule has 0 radical (unpaired) electrons. The van der Waals surface area contributed by atoms with E-state index in [1.54, 1.807) is 14.2 Å². The third-order valence-corrected chi connectivity index (χ3v) is 7.22.